The van der Waals surface area contributed by atoms with E-state index >= 15 is 0 Å². The summed E-state index contributed by atoms with van der Waals surface area (Å²) in [5.41, 5.74) is -0.349. The van der Waals surface area contributed by atoms with Crippen molar-refractivity contribution in [2.75, 3.05) is 32.7 Å². The molecule has 2 aliphatic heterocycles. The van der Waals surface area contributed by atoms with Gasteiger partial charge >= 0.3 is 6.09 Å². The van der Waals surface area contributed by atoms with Crippen molar-refractivity contribution in [3.05, 3.63) is 0 Å². The fourth-order valence-corrected chi connectivity index (χ4v) is 2.47. The van der Waals surface area contributed by atoms with Gasteiger partial charge in [0.05, 0.1) is 0 Å². The maximum absolute atomic E-state index is 12.0. The SMILES string of the molecule is CC(C)(C)OC(=O)N1CCNC2(CCNC2)C1. The summed E-state index contributed by atoms with van der Waals surface area (Å²) >= 11 is 0. The van der Waals surface area contributed by atoms with Crippen molar-refractivity contribution in [1.29, 1.82) is 0 Å². The van der Waals surface area contributed by atoms with Crippen molar-refractivity contribution in [2.45, 2.75) is 38.3 Å². The molecular formula is C12H23N3O2. The fraction of sp³-hybridized carbons (Fsp3) is 0.917. The molecule has 2 aliphatic rings. The minimum absolute atomic E-state index is 0.0646. The summed E-state index contributed by atoms with van der Waals surface area (Å²) in [5, 5.41) is 6.88. The van der Waals surface area contributed by atoms with E-state index in [1.54, 1.807) is 0 Å². The Hall–Kier alpha value is -0.810. The summed E-state index contributed by atoms with van der Waals surface area (Å²) in [5.74, 6) is 0. The zero-order chi connectivity index (χ0) is 12.5. The molecule has 2 fully saturated rings. The lowest BCUT2D eigenvalue weighted by atomic mass is 9.96. The molecular weight excluding hydrogens is 218 g/mol. The van der Waals surface area contributed by atoms with Crippen LogP contribution in [0.15, 0.2) is 0 Å². The number of nitrogens with one attached hydrogen (secondary N) is 2. The number of carbonyl (C=O) groups is 1. The predicted octanol–water partition coefficient (Wildman–Crippen LogP) is 0.559. The Balaban J connectivity index is 1.95. The lowest BCUT2D eigenvalue weighted by Gasteiger charge is -2.41. The van der Waals surface area contributed by atoms with Crippen LogP contribution in [0.5, 0.6) is 0 Å². The van der Waals surface area contributed by atoms with Gasteiger partial charge in [-0.25, -0.2) is 4.79 Å². The summed E-state index contributed by atoms with van der Waals surface area (Å²) in [6.07, 6.45) is 0.886. The molecule has 0 bridgehead atoms. The molecule has 1 atom stereocenters. The molecule has 5 nitrogen and oxygen atoms in total. The van der Waals surface area contributed by atoms with Gasteiger partial charge in [-0.1, -0.05) is 0 Å². The zero-order valence-corrected chi connectivity index (χ0v) is 11.0. The van der Waals surface area contributed by atoms with E-state index in [1.807, 2.05) is 25.7 Å². The molecule has 1 amide bonds. The maximum Gasteiger partial charge on any atom is 0.410 e. The van der Waals surface area contributed by atoms with E-state index < -0.39 is 5.60 Å². The number of nitrogens with zero attached hydrogens (tertiary/aromatic N) is 1. The molecule has 1 spiro atoms. The van der Waals surface area contributed by atoms with Gasteiger partial charge in [0.25, 0.3) is 0 Å². The second-order valence-corrected chi connectivity index (χ2v) is 6.04. The summed E-state index contributed by atoms with van der Waals surface area (Å²) in [7, 11) is 0. The van der Waals surface area contributed by atoms with Crippen LogP contribution in [0.25, 0.3) is 0 Å². The molecule has 2 heterocycles. The van der Waals surface area contributed by atoms with Gasteiger partial charge in [-0.3, -0.25) is 0 Å². The van der Waals surface area contributed by atoms with Crippen molar-refractivity contribution >= 4 is 6.09 Å². The Morgan fingerprint density at radius 2 is 2.12 bits per heavy atom. The van der Waals surface area contributed by atoms with E-state index in [4.69, 9.17) is 4.74 Å². The van der Waals surface area contributed by atoms with Crippen molar-refractivity contribution in [3.63, 3.8) is 0 Å². The minimum atomic E-state index is -0.414. The lowest BCUT2D eigenvalue weighted by Crippen LogP contribution is -2.62. The maximum atomic E-state index is 12.0. The second-order valence-electron chi connectivity index (χ2n) is 6.04. The highest BCUT2D eigenvalue weighted by Gasteiger charge is 2.40. The fourth-order valence-electron chi connectivity index (χ4n) is 2.47. The van der Waals surface area contributed by atoms with E-state index in [-0.39, 0.29) is 11.6 Å². The van der Waals surface area contributed by atoms with E-state index in [2.05, 4.69) is 10.6 Å². The van der Waals surface area contributed by atoms with Gasteiger partial charge in [-0.15, -0.1) is 0 Å². The van der Waals surface area contributed by atoms with Crippen molar-refractivity contribution < 1.29 is 9.53 Å². The quantitative estimate of drug-likeness (QED) is 0.650. The van der Waals surface area contributed by atoms with Crippen LogP contribution in [0.2, 0.25) is 0 Å². The molecule has 5 heteroatoms. The van der Waals surface area contributed by atoms with Crippen molar-refractivity contribution in [2.24, 2.45) is 0 Å². The number of hydrogen-bond donors (Lipinski definition) is 2. The van der Waals surface area contributed by atoms with Crippen molar-refractivity contribution in [1.82, 2.24) is 15.5 Å². The summed E-state index contributed by atoms with van der Waals surface area (Å²) in [6.45, 7) is 9.99. The minimum Gasteiger partial charge on any atom is -0.444 e. The first-order chi connectivity index (χ1) is 7.90. The normalized spacial score (nSPS) is 29.7. The molecule has 0 aromatic rings. The highest BCUT2D eigenvalue weighted by atomic mass is 16.6. The van der Waals surface area contributed by atoms with Gasteiger partial charge in [0.15, 0.2) is 0 Å². The van der Waals surface area contributed by atoms with E-state index in [1.165, 1.54) is 0 Å². The molecule has 2 rings (SSSR count). The van der Waals surface area contributed by atoms with Crippen LogP contribution in [0.3, 0.4) is 0 Å². The Morgan fingerprint density at radius 1 is 1.35 bits per heavy atom. The first-order valence-corrected chi connectivity index (χ1v) is 6.34. The van der Waals surface area contributed by atoms with Crippen LogP contribution in [0, 0.1) is 0 Å². The summed E-state index contributed by atoms with van der Waals surface area (Å²) < 4.78 is 5.42. The number of rotatable bonds is 0. The smallest absolute Gasteiger partial charge is 0.410 e. The third kappa shape index (κ3) is 3.10. The first-order valence-electron chi connectivity index (χ1n) is 6.34. The van der Waals surface area contributed by atoms with Crippen LogP contribution in [0.1, 0.15) is 27.2 Å². The topological polar surface area (TPSA) is 53.6 Å². The monoisotopic (exact) mass is 241 g/mol. The van der Waals surface area contributed by atoms with Gasteiger partial charge in [-0.05, 0) is 33.7 Å². The van der Waals surface area contributed by atoms with E-state index in [9.17, 15) is 4.79 Å². The highest BCUT2D eigenvalue weighted by molar-refractivity contribution is 5.68. The average Bonchev–Trinajstić information content (AvgIpc) is 2.64. The second kappa shape index (κ2) is 4.46. The van der Waals surface area contributed by atoms with Crippen LogP contribution in [0.4, 0.5) is 4.79 Å². The first kappa shape index (κ1) is 12.6. The largest absolute Gasteiger partial charge is 0.444 e. The number of piperazine rings is 1. The molecule has 2 saturated heterocycles. The van der Waals surface area contributed by atoms with Crippen LogP contribution in [-0.4, -0.2) is 54.9 Å². The molecule has 2 N–H and O–H groups in total. The van der Waals surface area contributed by atoms with E-state index in [0.717, 1.165) is 39.1 Å². The zero-order valence-electron chi connectivity index (χ0n) is 11.0. The predicted molar refractivity (Wildman–Crippen MR) is 66.0 cm³/mol. The number of ether oxygens (including phenoxy) is 1. The van der Waals surface area contributed by atoms with Gasteiger partial charge in [-0.2, -0.15) is 0 Å². The third-order valence-electron chi connectivity index (χ3n) is 3.27. The number of carbonyl (C=O) groups excluding carboxylic acids is 1. The average molecular weight is 241 g/mol. The lowest BCUT2D eigenvalue weighted by molar-refractivity contribution is 0.0137. The number of hydrogen-bond acceptors (Lipinski definition) is 4. The van der Waals surface area contributed by atoms with E-state index in [0.29, 0.717) is 0 Å². The highest BCUT2D eigenvalue weighted by Crippen LogP contribution is 2.21. The standard InChI is InChI=1S/C12H23N3O2/c1-11(2,3)17-10(16)15-7-6-14-12(9-15)4-5-13-8-12/h13-14H,4-9H2,1-3H3. The Labute approximate surface area is 103 Å². The third-order valence-corrected chi connectivity index (χ3v) is 3.27. The molecule has 0 aromatic carbocycles. The van der Waals surface area contributed by atoms with Gasteiger partial charge in [0.2, 0.25) is 0 Å². The van der Waals surface area contributed by atoms with Crippen LogP contribution >= 0.6 is 0 Å². The molecule has 98 valence electrons. The van der Waals surface area contributed by atoms with Gasteiger partial charge < -0.3 is 20.3 Å². The van der Waals surface area contributed by atoms with Gasteiger partial charge in [0, 0.05) is 31.7 Å². The number of amides is 1. The molecule has 0 aliphatic carbocycles. The molecule has 0 aromatic heterocycles. The van der Waals surface area contributed by atoms with Crippen LogP contribution in [-0.2, 0) is 4.74 Å². The van der Waals surface area contributed by atoms with Crippen LogP contribution < -0.4 is 10.6 Å². The Bertz CT molecular complexity index is 293. The van der Waals surface area contributed by atoms with Crippen molar-refractivity contribution in [3.8, 4) is 0 Å². The molecule has 0 saturated carbocycles. The van der Waals surface area contributed by atoms with Gasteiger partial charge in [0.1, 0.15) is 5.60 Å². The summed E-state index contributed by atoms with van der Waals surface area (Å²) in [6, 6.07) is 0. The Kier molecular flexibility index (Phi) is 3.32. The molecule has 0 radical (unpaired) electrons. The summed E-state index contributed by atoms with van der Waals surface area (Å²) in [4.78, 5) is 13.8. The molecule has 17 heavy (non-hydrogen) atoms. The Morgan fingerprint density at radius 3 is 2.71 bits per heavy atom. The molecule has 1 unspecified atom stereocenters.